The molecular weight excluding hydrogens is 263 g/mol. The van der Waals surface area contributed by atoms with Crippen LogP contribution in [0.3, 0.4) is 0 Å². The summed E-state index contributed by atoms with van der Waals surface area (Å²) in [5, 5.41) is 11.0. The van der Waals surface area contributed by atoms with Crippen molar-refractivity contribution in [1.29, 1.82) is 0 Å². The summed E-state index contributed by atoms with van der Waals surface area (Å²) < 4.78 is 13.5. The highest BCUT2D eigenvalue weighted by atomic mass is 35.5. The molecule has 3 heteroatoms. The lowest BCUT2D eigenvalue weighted by molar-refractivity contribution is -0.0704. The van der Waals surface area contributed by atoms with Crippen molar-refractivity contribution in [3.05, 3.63) is 34.6 Å². The Balaban J connectivity index is 2.15. The molecule has 19 heavy (non-hydrogen) atoms. The SMILES string of the molecule is CC1CC(C)(C)CCC1(O)Cc1ccc(Cl)c(F)c1. The molecule has 1 nitrogen and oxygen atoms in total. The van der Waals surface area contributed by atoms with Gasteiger partial charge in [0.25, 0.3) is 0 Å². The Kier molecular flexibility index (Phi) is 3.95. The second kappa shape index (κ2) is 5.06. The van der Waals surface area contributed by atoms with Gasteiger partial charge in [-0.2, -0.15) is 0 Å². The molecule has 0 radical (unpaired) electrons. The van der Waals surface area contributed by atoms with Crippen LogP contribution in [0.2, 0.25) is 5.02 Å². The minimum atomic E-state index is -0.726. The maximum atomic E-state index is 13.5. The van der Waals surface area contributed by atoms with Crippen LogP contribution in [0.1, 0.15) is 45.6 Å². The number of rotatable bonds is 2. The van der Waals surface area contributed by atoms with Crippen molar-refractivity contribution in [2.75, 3.05) is 0 Å². The van der Waals surface area contributed by atoms with Crippen LogP contribution in [-0.2, 0) is 6.42 Å². The third kappa shape index (κ3) is 3.29. The minimum Gasteiger partial charge on any atom is -0.389 e. The molecule has 2 atom stereocenters. The van der Waals surface area contributed by atoms with Gasteiger partial charge in [0, 0.05) is 6.42 Å². The van der Waals surface area contributed by atoms with Crippen molar-refractivity contribution in [3.63, 3.8) is 0 Å². The average molecular weight is 285 g/mol. The molecule has 0 saturated heterocycles. The summed E-state index contributed by atoms with van der Waals surface area (Å²) in [5.74, 6) is -0.193. The van der Waals surface area contributed by atoms with Crippen LogP contribution < -0.4 is 0 Å². The van der Waals surface area contributed by atoms with E-state index in [4.69, 9.17) is 11.6 Å². The molecule has 1 fully saturated rings. The van der Waals surface area contributed by atoms with Gasteiger partial charge in [0.05, 0.1) is 10.6 Å². The molecule has 1 aromatic rings. The molecule has 1 saturated carbocycles. The fourth-order valence-corrected chi connectivity index (χ4v) is 3.31. The Hall–Kier alpha value is -0.600. The first-order valence-electron chi connectivity index (χ1n) is 6.88. The molecule has 1 aliphatic rings. The largest absolute Gasteiger partial charge is 0.389 e. The molecule has 0 bridgehead atoms. The highest BCUT2D eigenvalue weighted by Gasteiger charge is 2.42. The summed E-state index contributed by atoms with van der Waals surface area (Å²) in [6, 6.07) is 4.80. The molecule has 106 valence electrons. The minimum absolute atomic E-state index is 0.133. The van der Waals surface area contributed by atoms with E-state index in [9.17, 15) is 9.50 Å². The van der Waals surface area contributed by atoms with Gasteiger partial charge in [-0.25, -0.2) is 4.39 Å². The molecule has 1 N–H and O–H groups in total. The molecule has 2 rings (SSSR count). The van der Waals surface area contributed by atoms with E-state index in [1.54, 1.807) is 12.1 Å². The molecular formula is C16H22ClFO. The van der Waals surface area contributed by atoms with E-state index in [1.165, 1.54) is 6.07 Å². The van der Waals surface area contributed by atoms with Gasteiger partial charge in [-0.05, 0) is 48.3 Å². The summed E-state index contributed by atoms with van der Waals surface area (Å²) in [7, 11) is 0. The predicted molar refractivity (Wildman–Crippen MR) is 76.9 cm³/mol. The Bertz CT molecular complexity index is 472. The first-order chi connectivity index (χ1) is 8.72. The molecule has 0 heterocycles. The van der Waals surface area contributed by atoms with Crippen LogP contribution in [0.25, 0.3) is 0 Å². The summed E-state index contributed by atoms with van der Waals surface area (Å²) in [4.78, 5) is 0. The quantitative estimate of drug-likeness (QED) is 0.841. The molecule has 1 aliphatic carbocycles. The van der Waals surface area contributed by atoms with Crippen molar-refractivity contribution in [2.24, 2.45) is 11.3 Å². The second-order valence-corrected chi connectivity index (χ2v) is 7.21. The third-order valence-electron chi connectivity index (χ3n) is 4.51. The standard InChI is InChI=1S/C16H22ClFO/c1-11-9-15(2,3)6-7-16(11,19)10-12-4-5-13(17)14(18)8-12/h4-5,8,11,19H,6-7,9-10H2,1-3H3. The normalized spacial score (nSPS) is 30.3. The van der Waals surface area contributed by atoms with Crippen molar-refractivity contribution >= 4 is 11.6 Å². The Labute approximate surface area is 119 Å². The van der Waals surface area contributed by atoms with E-state index in [1.807, 2.05) is 0 Å². The Morgan fingerprint density at radius 3 is 2.63 bits per heavy atom. The summed E-state index contributed by atoms with van der Waals surface area (Å²) >= 11 is 5.69. The van der Waals surface area contributed by atoms with Crippen LogP contribution >= 0.6 is 11.6 Å². The van der Waals surface area contributed by atoms with Crippen LogP contribution in [0, 0.1) is 17.2 Å². The fourth-order valence-electron chi connectivity index (χ4n) is 3.19. The number of aliphatic hydroxyl groups is 1. The first-order valence-corrected chi connectivity index (χ1v) is 7.26. The van der Waals surface area contributed by atoms with E-state index >= 15 is 0 Å². The molecule has 0 spiro atoms. The summed E-state index contributed by atoms with van der Waals surface area (Å²) in [6.07, 6.45) is 3.27. The van der Waals surface area contributed by atoms with Crippen LogP contribution in [-0.4, -0.2) is 10.7 Å². The van der Waals surface area contributed by atoms with Gasteiger partial charge in [0.1, 0.15) is 5.82 Å². The second-order valence-electron chi connectivity index (χ2n) is 6.80. The van der Waals surface area contributed by atoms with Crippen LogP contribution in [0.5, 0.6) is 0 Å². The lowest BCUT2D eigenvalue weighted by Gasteiger charge is -2.45. The maximum absolute atomic E-state index is 13.5. The van der Waals surface area contributed by atoms with E-state index in [0.717, 1.165) is 24.8 Å². The Morgan fingerprint density at radius 1 is 1.37 bits per heavy atom. The van der Waals surface area contributed by atoms with Crippen LogP contribution in [0.15, 0.2) is 18.2 Å². The number of benzene rings is 1. The molecule has 0 amide bonds. The van der Waals surface area contributed by atoms with Crippen molar-refractivity contribution in [2.45, 2.75) is 52.1 Å². The highest BCUT2D eigenvalue weighted by Crippen LogP contribution is 2.45. The lowest BCUT2D eigenvalue weighted by atomic mass is 9.64. The zero-order chi connectivity index (χ0) is 14.3. The maximum Gasteiger partial charge on any atom is 0.142 e. The van der Waals surface area contributed by atoms with Crippen molar-refractivity contribution in [3.8, 4) is 0 Å². The average Bonchev–Trinajstić information content (AvgIpc) is 2.30. The smallest absolute Gasteiger partial charge is 0.142 e. The number of hydrogen-bond donors (Lipinski definition) is 1. The monoisotopic (exact) mass is 284 g/mol. The van der Waals surface area contributed by atoms with Crippen LogP contribution in [0.4, 0.5) is 4.39 Å². The van der Waals surface area contributed by atoms with Gasteiger partial charge in [-0.1, -0.05) is 38.4 Å². The van der Waals surface area contributed by atoms with Gasteiger partial charge >= 0.3 is 0 Å². The third-order valence-corrected chi connectivity index (χ3v) is 4.81. The molecule has 2 unspecified atom stereocenters. The van der Waals surface area contributed by atoms with E-state index < -0.39 is 11.4 Å². The Morgan fingerprint density at radius 2 is 2.05 bits per heavy atom. The van der Waals surface area contributed by atoms with E-state index in [-0.39, 0.29) is 16.4 Å². The van der Waals surface area contributed by atoms with E-state index in [0.29, 0.717) is 6.42 Å². The molecule has 1 aromatic carbocycles. The summed E-state index contributed by atoms with van der Waals surface area (Å²) in [6.45, 7) is 6.57. The van der Waals surface area contributed by atoms with Gasteiger partial charge < -0.3 is 5.11 Å². The van der Waals surface area contributed by atoms with Gasteiger partial charge in [-0.3, -0.25) is 0 Å². The number of halogens is 2. The fraction of sp³-hybridized carbons (Fsp3) is 0.625. The first kappa shape index (κ1) is 14.8. The van der Waals surface area contributed by atoms with Crippen molar-refractivity contribution < 1.29 is 9.50 Å². The predicted octanol–water partition coefficient (Wildman–Crippen LogP) is 4.60. The zero-order valence-electron chi connectivity index (χ0n) is 11.8. The topological polar surface area (TPSA) is 20.2 Å². The molecule has 0 aromatic heterocycles. The van der Waals surface area contributed by atoms with Crippen molar-refractivity contribution in [1.82, 2.24) is 0 Å². The summed E-state index contributed by atoms with van der Waals surface area (Å²) in [5.41, 5.74) is 0.378. The zero-order valence-corrected chi connectivity index (χ0v) is 12.6. The lowest BCUT2D eigenvalue weighted by Crippen LogP contribution is -2.45. The highest BCUT2D eigenvalue weighted by molar-refractivity contribution is 6.30. The van der Waals surface area contributed by atoms with Gasteiger partial charge in [0.2, 0.25) is 0 Å². The van der Waals surface area contributed by atoms with Gasteiger partial charge in [0.15, 0.2) is 0 Å². The molecule has 0 aliphatic heterocycles. The van der Waals surface area contributed by atoms with Gasteiger partial charge in [-0.15, -0.1) is 0 Å². The number of hydrogen-bond acceptors (Lipinski definition) is 1. The van der Waals surface area contributed by atoms with E-state index in [2.05, 4.69) is 20.8 Å².